The van der Waals surface area contributed by atoms with E-state index in [1.165, 1.54) is 113 Å². The van der Waals surface area contributed by atoms with E-state index < -0.39 is 0 Å². The van der Waals surface area contributed by atoms with E-state index in [4.69, 9.17) is 4.74 Å². The van der Waals surface area contributed by atoms with Crippen molar-refractivity contribution in [2.24, 2.45) is 29.1 Å². The third-order valence-electron chi connectivity index (χ3n) is 18.3. The second kappa shape index (κ2) is 15.1. The van der Waals surface area contributed by atoms with Crippen LogP contribution in [-0.4, -0.2) is 15.2 Å². The molecule has 0 N–H and O–H groups in total. The number of para-hydroxylation sites is 2. The van der Waals surface area contributed by atoms with Crippen molar-refractivity contribution in [3.8, 4) is 5.69 Å². The second-order valence-corrected chi connectivity index (χ2v) is 21.8. The molecule has 66 heavy (non-hydrogen) atoms. The van der Waals surface area contributed by atoms with Gasteiger partial charge in [0, 0.05) is 69.0 Å². The lowest BCUT2D eigenvalue weighted by Crippen LogP contribution is -2.32. The van der Waals surface area contributed by atoms with Gasteiger partial charge < -0.3 is 13.9 Å². The van der Waals surface area contributed by atoms with Gasteiger partial charge in [0.25, 0.3) is 0 Å². The average Bonchev–Trinajstić information content (AvgIpc) is 4.08. The summed E-state index contributed by atoms with van der Waals surface area (Å²) in [6.45, 7) is 5.25. The van der Waals surface area contributed by atoms with Gasteiger partial charge >= 0.3 is 0 Å². The van der Waals surface area contributed by atoms with Crippen LogP contribution in [0.1, 0.15) is 118 Å². The standard InChI is InChI=1S/C63H62N2O/c1-63(2)53-24-15-23-47(61(53)48-31-28-42(36-54(48)63)39-16-5-3-6-17-39)52-37-44(38-60-62(52)49-22-11-14-27-59(49)66-60)65-56-26-13-10-21-46(56)51-35-41(30-33-58(51)65)40-29-32-57-50(34-40)45-20-9-12-25-55(45)64(57)43-18-7-4-8-19-43/h3-5,7-8,10-14,16,18-19,21-23,25-26,30,33,35,38,40,42,52-53,59,61H,6,9,15,17,20,24,27-29,31-32,34,36-37H2,1-2H3. The quantitative estimate of drug-likeness (QED) is 0.161. The molecule has 6 unspecified atom stereocenters. The molecule has 9 aliphatic rings. The van der Waals surface area contributed by atoms with Crippen LogP contribution in [-0.2, 0) is 24.0 Å². The lowest BCUT2D eigenvalue weighted by atomic mass is 9.63. The van der Waals surface area contributed by atoms with E-state index in [0.717, 1.165) is 44.3 Å². The van der Waals surface area contributed by atoms with Crippen molar-refractivity contribution in [3.63, 3.8) is 0 Å². The zero-order valence-corrected chi connectivity index (χ0v) is 38.9. The van der Waals surface area contributed by atoms with Gasteiger partial charge in [0.15, 0.2) is 0 Å². The van der Waals surface area contributed by atoms with E-state index >= 15 is 0 Å². The molecule has 3 heterocycles. The largest absolute Gasteiger partial charge is 0.485 e. The molecule has 1 aliphatic heterocycles. The molecule has 0 saturated carbocycles. The first-order valence-electron chi connectivity index (χ1n) is 25.8. The van der Waals surface area contributed by atoms with Crippen LogP contribution in [0.2, 0.25) is 0 Å². The zero-order chi connectivity index (χ0) is 43.7. The first-order valence-corrected chi connectivity index (χ1v) is 25.8. The molecule has 3 nitrogen and oxygen atoms in total. The molecule has 0 radical (unpaired) electrons. The van der Waals surface area contributed by atoms with Crippen LogP contribution in [0.15, 0.2) is 167 Å². The Morgan fingerprint density at radius 3 is 2.45 bits per heavy atom. The first-order chi connectivity index (χ1) is 32.5. The summed E-state index contributed by atoms with van der Waals surface area (Å²) in [5, 5.41) is 2.74. The Kier molecular flexibility index (Phi) is 9.01. The molecule has 3 aromatic carbocycles. The van der Waals surface area contributed by atoms with E-state index in [1.807, 2.05) is 11.1 Å². The van der Waals surface area contributed by atoms with Crippen LogP contribution >= 0.6 is 0 Å². The van der Waals surface area contributed by atoms with Crippen LogP contribution in [0, 0.1) is 29.1 Å². The number of aromatic nitrogens is 2. The molecular formula is C63H62N2O. The fourth-order valence-electron chi connectivity index (χ4n) is 15.3. The summed E-state index contributed by atoms with van der Waals surface area (Å²) in [5.74, 6) is 3.83. The Morgan fingerprint density at radius 1 is 0.697 bits per heavy atom. The molecule has 2 aromatic heterocycles. The lowest BCUT2D eigenvalue weighted by Gasteiger charge is -2.41. The first kappa shape index (κ1) is 39.4. The maximum atomic E-state index is 7.09. The Balaban J connectivity index is 0.851. The second-order valence-electron chi connectivity index (χ2n) is 21.8. The van der Waals surface area contributed by atoms with Crippen molar-refractivity contribution < 1.29 is 4.74 Å². The molecule has 5 aromatic rings. The van der Waals surface area contributed by atoms with Gasteiger partial charge in [0.1, 0.15) is 11.9 Å². The molecule has 0 spiro atoms. The number of hydrogen-bond acceptors (Lipinski definition) is 1. The summed E-state index contributed by atoms with van der Waals surface area (Å²) in [6, 6.07) is 27.9. The predicted octanol–water partition coefficient (Wildman–Crippen LogP) is 15.6. The summed E-state index contributed by atoms with van der Waals surface area (Å²) >= 11 is 0. The minimum Gasteiger partial charge on any atom is -0.485 e. The Labute approximate surface area is 391 Å². The van der Waals surface area contributed by atoms with Gasteiger partial charge in [-0.2, -0.15) is 0 Å². The highest BCUT2D eigenvalue weighted by Crippen LogP contribution is 2.64. The lowest BCUT2D eigenvalue weighted by molar-refractivity contribution is 0.177. The number of allylic oxidation sites excluding steroid dienone is 13. The number of hydrogen-bond donors (Lipinski definition) is 0. The number of benzene rings is 3. The van der Waals surface area contributed by atoms with Crippen molar-refractivity contribution in [1.82, 2.24) is 9.13 Å². The molecule has 0 bridgehead atoms. The topological polar surface area (TPSA) is 19.1 Å². The molecular weight excluding hydrogens is 801 g/mol. The number of ether oxygens (including phenoxy) is 1. The normalized spacial score (nSPS) is 28.2. The fraction of sp³-hybridized carbons (Fsp3) is 0.365. The van der Waals surface area contributed by atoms with E-state index in [9.17, 15) is 0 Å². The van der Waals surface area contributed by atoms with E-state index in [2.05, 4.69) is 157 Å². The Morgan fingerprint density at radius 2 is 1.55 bits per heavy atom. The molecule has 3 heteroatoms. The van der Waals surface area contributed by atoms with Crippen LogP contribution in [0.4, 0.5) is 0 Å². The molecule has 330 valence electrons. The predicted molar refractivity (Wildman–Crippen MR) is 272 cm³/mol. The molecule has 8 aliphatic carbocycles. The SMILES string of the molecule is CC1(C)C2=C(CCC(C3=CC=CCC3)C2)C2C(C3CC(n4c5ccccc5c5cc(C6CCc7c(c8c(n7-c7ccccc7)C=CCC8)C6)ccc54)=CC4=C3C3=CC=CCC3O4)=CCCC21. The maximum Gasteiger partial charge on any atom is 0.128 e. The van der Waals surface area contributed by atoms with Gasteiger partial charge in [0.2, 0.25) is 0 Å². The van der Waals surface area contributed by atoms with Crippen molar-refractivity contribution in [2.45, 2.75) is 116 Å². The molecule has 14 rings (SSSR count). The van der Waals surface area contributed by atoms with Gasteiger partial charge in [-0.25, -0.2) is 0 Å². The van der Waals surface area contributed by atoms with Gasteiger partial charge in [-0.15, -0.1) is 0 Å². The van der Waals surface area contributed by atoms with E-state index in [0.29, 0.717) is 29.6 Å². The highest BCUT2D eigenvalue weighted by molar-refractivity contribution is 6.10. The fourth-order valence-corrected chi connectivity index (χ4v) is 15.3. The zero-order valence-electron chi connectivity index (χ0n) is 38.9. The summed E-state index contributed by atoms with van der Waals surface area (Å²) < 4.78 is 12.3. The van der Waals surface area contributed by atoms with E-state index in [1.54, 1.807) is 22.3 Å². The van der Waals surface area contributed by atoms with Gasteiger partial charge in [-0.1, -0.05) is 127 Å². The maximum absolute atomic E-state index is 7.09. The van der Waals surface area contributed by atoms with Crippen LogP contribution in [0.3, 0.4) is 0 Å². The highest BCUT2D eigenvalue weighted by Gasteiger charge is 2.53. The third kappa shape index (κ3) is 5.86. The van der Waals surface area contributed by atoms with Crippen molar-refractivity contribution in [3.05, 3.63) is 195 Å². The molecule has 0 saturated heterocycles. The average molecular weight is 863 g/mol. The number of nitrogens with zero attached hydrogens (tertiary/aromatic N) is 2. The number of fused-ring (bicyclic) bond motifs is 10. The summed E-state index contributed by atoms with van der Waals surface area (Å²) in [5.41, 5.74) is 23.1. The third-order valence-corrected chi connectivity index (χ3v) is 18.3. The smallest absolute Gasteiger partial charge is 0.128 e. The van der Waals surface area contributed by atoms with E-state index in [-0.39, 0.29) is 11.5 Å². The van der Waals surface area contributed by atoms with Crippen molar-refractivity contribution in [1.29, 1.82) is 0 Å². The molecule has 6 atom stereocenters. The van der Waals surface area contributed by atoms with Crippen molar-refractivity contribution >= 4 is 33.6 Å². The summed E-state index contributed by atoms with van der Waals surface area (Å²) in [7, 11) is 0. The monoisotopic (exact) mass is 862 g/mol. The van der Waals surface area contributed by atoms with Gasteiger partial charge in [0.05, 0.1) is 11.0 Å². The van der Waals surface area contributed by atoms with Crippen LogP contribution in [0.25, 0.3) is 39.3 Å². The highest BCUT2D eigenvalue weighted by atomic mass is 16.5. The Hall–Kier alpha value is -5.80. The molecule has 0 amide bonds. The number of rotatable bonds is 5. The minimum absolute atomic E-state index is 0.115. The van der Waals surface area contributed by atoms with Crippen LogP contribution < -0.4 is 0 Å². The summed E-state index contributed by atoms with van der Waals surface area (Å²) in [4.78, 5) is 0. The van der Waals surface area contributed by atoms with Gasteiger partial charge in [-0.3, -0.25) is 0 Å². The van der Waals surface area contributed by atoms with Gasteiger partial charge in [-0.05, 0) is 160 Å². The van der Waals surface area contributed by atoms with Crippen LogP contribution in [0.5, 0.6) is 0 Å². The van der Waals surface area contributed by atoms with Crippen molar-refractivity contribution in [2.75, 3.05) is 0 Å². The molecule has 0 fully saturated rings. The summed E-state index contributed by atoms with van der Waals surface area (Å²) in [6.07, 6.45) is 40.6. The Bertz CT molecular complexity index is 3170. The minimum atomic E-state index is 0.115.